The van der Waals surface area contributed by atoms with Gasteiger partial charge in [0.25, 0.3) is 0 Å². The van der Waals surface area contributed by atoms with Crippen molar-refractivity contribution in [2.45, 2.75) is 56.8 Å². The first-order valence-electron chi connectivity index (χ1n) is 13.6. The molecule has 1 unspecified atom stereocenters. The van der Waals surface area contributed by atoms with E-state index in [0.717, 1.165) is 48.4 Å². The Balaban J connectivity index is 1.22. The molecule has 2 aromatic heterocycles. The van der Waals surface area contributed by atoms with Crippen LogP contribution in [0, 0.1) is 17.8 Å². The van der Waals surface area contributed by atoms with Crippen LogP contribution in [0.3, 0.4) is 0 Å². The van der Waals surface area contributed by atoms with Crippen molar-refractivity contribution in [2.24, 2.45) is 23.5 Å². The van der Waals surface area contributed by atoms with Gasteiger partial charge in [-0.05, 0) is 23.3 Å². The van der Waals surface area contributed by atoms with Gasteiger partial charge >= 0.3 is 5.97 Å². The van der Waals surface area contributed by atoms with Crippen molar-refractivity contribution in [3.8, 4) is 0 Å². The summed E-state index contributed by atoms with van der Waals surface area (Å²) >= 11 is 1.36. The van der Waals surface area contributed by atoms with E-state index in [1.54, 1.807) is 13.1 Å². The van der Waals surface area contributed by atoms with Crippen LogP contribution in [0.5, 0.6) is 0 Å². The number of hydrogen-bond donors (Lipinski definition) is 3. The van der Waals surface area contributed by atoms with Crippen LogP contribution in [-0.4, -0.2) is 108 Å². The summed E-state index contributed by atoms with van der Waals surface area (Å²) in [4.78, 5) is 40.8. The molecule has 2 saturated heterocycles. The summed E-state index contributed by atoms with van der Waals surface area (Å²) < 4.78 is 4.26. The Kier molecular flexibility index (Phi) is 7.97. The van der Waals surface area contributed by atoms with E-state index < -0.39 is 17.9 Å². The first-order chi connectivity index (χ1) is 19.1. The third-order valence-electron chi connectivity index (χ3n) is 8.52. The second kappa shape index (κ2) is 11.3. The van der Waals surface area contributed by atoms with Crippen molar-refractivity contribution < 1.29 is 24.0 Å². The summed E-state index contributed by atoms with van der Waals surface area (Å²) in [6, 6.07) is -0.828. The number of hydrogen-bond acceptors (Lipinski definition) is 9. The van der Waals surface area contributed by atoms with Gasteiger partial charge < -0.3 is 25.5 Å². The SMILES string of the molecule is CC(NC(=O)Cn1cnnn1)[C@H]1C(=O)N2C(C(=O)O)=C(Sc3cnn(CC4CC[N+](C)(CCN)CC4)c3)[C@H](C)[C@H]12. The Morgan fingerprint density at radius 3 is 2.70 bits per heavy atom. The Hall–Kier alpha value is -3.30. The van der Waals surface area contributed by atoms with Crippen molar-refractivity contribution in [3.05, 3.63) is 29.3 Å². The number of carbonyl (C=O) groups excluding carboxylic acids is 2. The number of β-lactam (4-membered cyclic amide) rings is 1. The monoisotopic (exact) mass is 573 g/mol. The quantitative estimate of drug-likeness (QED) is 0.240. The smallest absolute Gasteiger partial charge is 0.353 e. The minimum absolute atomic E-state index is 0.0213. The molecular weight excluding hydrogens is 536 g/mol. The number of rotatable bonds is 11. The molecule has 0 spiro atoms. The number of nitrogens with two attached hydrogens (primary N) is 1. The number of likely N-dealkylation sites (tertiary alicyclic amines) is 1. The number of carbonyl (C=O) groups is 3. The van der Waals surface area contributed by atoms with Crippen LogP contribution in [0.1, 0.15) is 26.7 Å². The highest BCUT2D eigenvalue weighted by Gasteiger charge is 2.60. The molecular formula is C25H37N10O4S+. The number of nitrogens with zero attached hydrogens (tertiary/aromatic N) is 8. The van der Waals surface area contributed by atoms with Gasteiger partial charge in [0.2, 0.25) is 11.8 Å². The number of nitrogens with one attached hydrogen (secondary N) is 1. The molecule has 4 N–H and O–H groups in total. The molecule has 0 aromatic carbocycles. The number of carboxylic acids is 1. The van der Waals surface area contributed by atoms with E-state index in [4.69, 9.17) is 5.73 Å². The molecule has 5 rings (SSSR count). The topological polar surface area (TPSA) is 174 Å². The average molecular weight is 574 g/mol. The number of piperidine rings is 1. The molecule has 3 aliphatic heterocycles. The first kappa shape index (κ1) is 28.2. The lowest BCUT2D eigenvalue weighted by Crippen LogP contribution is -2.66. The fraction of sp³-hybridized carbons (Fsp3) is 0.640. The van der Waals surface area contributed by atoms with Crippen molar-refractivity contribution in [3.63, 3.8) is 0 Å². The minimum atomic E-state index is -1.13. The Morgan fingerprint density at radius 2 is 2.05 bits per heavy atom. The van der Waals surface area contributed by atoms with E-state index in [9.17, 15) is 19.5 Å². The fourth-order valence-electron chi connectivity index (χ4n) is 6.32. The molecule has 2 aromatic rings. The lowest BCUT2D eigenvalue weighted by molar-refractivity contribution is -0.913. The molecule has 14 nitrogen and oxygen atoms in total. The van der Waals surface area contributed by atoms with Gasteiger partial charge in [-0.15, -0.1) is 5.10 Å². The summed E-state index contributed by atoms with van der Waals surface area (Å²) in [5.74, 6) is -1.96. The third-order valence-corrected chi connectivity index (χ3v) is 9.75. The third kappa shape index (κ3) is 5.49. The molecule has 3 aliphatic rings. The second-order valence-electron chi connectivity index (χ2n) is 11.4. The summed E-state index contributed by atoms with van der Waals surface area (Å²) in [6.45, 7) is 8.38. The maximum absolute atomic E-state index is 13.2. The Morgan fingerprint density at radius 1 is 1.30 bits per heavy atom. The highest BCUT2D eigenvalue weighted by molar-refractivity contribution is 8.03. The number of likely N-dealkylation sites (N-methyl/N-ethyl adjacent to an activating group) is 1. The Bertz CT molecular complexity index is 1290. The van der Waals surface area contributed by atoms with Crippen LogP contribution in [0.2, 0.25) is 0 Å². The van der Waals surface area contributed by atoms with E-state index in [1.165, 1.54) is 27.7 Å². The summed E-state index contributed by atoms with van der Waals surface area (Å²) in [5, 5.41) is 28.2. The number of aliphatic carboxylic acids is 1. The number of amides is 2. The van der Waals surface area contributed by atoms with E-state index in [1.807, 2.05) is 17.8 Å². The maximum atomic E-state index is 13.2. The lowest BCUT2D eigenvalue weighted by Gasteiger charge is -2.47. The predicted molar refractivity (Wildman–Crippen MR) is 144 cm³/mol. The second-order valence-corrected chi connectivity index (χ2v) is 12.5. The number of carboxylic acid groups (broad SMARTS) is 1. The largest absolute Gasteiger partial charge is 0.477 e. The highest BCUT2D eigenvalue weighted by Crippen LogP contribution is 2.51. The zero-order valence-corrected chi connectivity index (χ0v) is 23.8. The van der Waals surface area contributed by atoms with Gasteiger partial charge in [0, 0.05) is 53.9 Å². The molecule has 40 heavy (non-hydrogen) atoms. The normalized spacial score (nSPS) is 28.8. The van der Waals surface area contributed by atoms with E-state index in [0.29, 0.717) is 17.4 Å². The van der Waals surface area contributed by atoms with Gasteiger partial charge in [0.05, 0.1) is 44.8 Å². The molecule has 2 fully saturated rings. The van der Waals surface area contributed by atoms with Crippen LogP contribution in [-0.2, 0) is 27.5 Å². The number of quaternary nitrogens is 1. The number of thioether (sulfide) groups is 1. The zero-order chi connectivity index (χ0) is 28.6. The van der Waals surface area contributed by atoms with E-state index in [2.05, 4.69) is 33.0 Å². The minimum Gasteiger partial charge on any atom is -0.477 e. The first-order valence-corrected chi connectivity index (χ1v) is 14.5. The van der Waals surface area contributed by atoms with Crippen molar-refractivity contribution in [1.82, 2.24) is 40.2 Å². The molecule has 0 aliphatic carbocycles. The van der Waals surface area contributed by atoms with Gasteiger partial charge in [0.15, 0.2) is 0 Å². The van der Waals surface area contributed by atoms with Gasteiger partial charge in [0.1, 0.15) is 18.6 Å². The van der Waals surface area contributed by atoms with Crippen molar-refractivity contribution >= 4 is 29.5 Å². The van der Waals surface area contributed by atoms with Crippen LogP contribution in [0.25, 0.3) is 0 Å². The molecule has 216 valence electrons. The standard InChI is InChI=1S/C25H36N10O4S/c1-15-21-20(16(2)29-19(36)13-33-14-27-30-31-33)24(37)34(21)22(25(38)39)23(15)40-18-10-28-32(12-18)11-17-4-7-35(3,8-5-17)9-6-26/h10,12,14-17,20-21H,4-9,11,13,26H2,1-3H3,(H-,29,36,38,39)/p+1/t15-,16?,17?,20-,21-,35?/m1/s1. The molecule has 0 saturated carbocycles. The van der Waals surface area contributed by atoms with Crippen molar-refractivity contribution in [1.29, 1.82) is 0 Å². The Labute approximate surface area is 236 Å². The van der Waals surface area contributed by atoms with Crippen LogP contribution in [0.4, 0.5) is 0 Å². The molecule has 0 radical (unpaired) electrons. The van der Waals surface area contributed by atoms with E-state index >= 15 is 0 Å². The highest BCUT2D eigenvalue weighted by atomic mass is 32.2. The van der Waals surface area contributed by atoms with Crippen LogP contribution < -0.4 is 11.1 Å². The molecule has 15 heteroatoms. The number of aromatic nitrogens is 6. The molecule has 5 heterocycles. The molecule has 4 atom stereocenters. The van der Waals surface area contributed by atoms with Crippen molar-refractivity contribution in [2.75, 3.05) is 33.2 Å². The number of fused-ring (bicyclic) bond motifs is 1. The maximum Gasteiger partial charge on any atom is 0.353 e. The van der Waals surface area contributed by atoms with Crippen LogP contribution >= 0.6 is 11.8 Å². The summed E-state index contributed by atoms with van der Waals surface area (Å²) in [6.07, 6.45) is 7.30. The van der Waals surface area contributed by atoms with Gasteiger partial charge in [-0.25, -0.2) is 9.48 Å². The van der Waals surface area contributed by atoms with Crippen LogP contribution in [0.15, 0.2) is 34.2 Å². The van der Waals surface area contributed by atoms with E-state index in [-0.39, 0.29) is 36.0 Å². The lowest BCUT2D eigenvalue weighted by atomic mass is 9.78. The summed E-state index contributed by atoms with van der Waals surface area (Å²) in [7, 11) is 2.27. The fourth-order valence-corrected chi connectivity index (χ4v) is 7.45. The average Bonchev–Trinajstić information content (AvgIpc) is 3.61. The van der Waals surface area contributed by atoms with Gasteiger partial charge in [-0.1, -0.05) is 18.7 Å². The molecule has 2 amide bonds. The number of tetrazole rings is 1. The zero-order valence-electron chi connectivity index (χ0n) is 23.0. The van der Waals surface area contributed by atoms with Gasteiger partial charge in [-0.2, -0.15) is 5.10 Å². The predicted octanol–water partition coefficient (Wildman–Crippen LogP) is -0.245. The summed E-state index contributed by atoms with van der Waals surface area (Å²) in [5.41, 5.74) is 5.81. The van der Waals surface area contributed by atoms with Gasteiger partial charge in [-0.3, -0.25) is 14.3 Å². The molecule has 0 bridgehead atoms.